The van der Waals surface area contributed by atoms with Gasteiger partial charge < -0.3 is 9.67 Å². The molecule has 0 saturated heterocycles. The second-order valence-electron chi connectivity index (χ2n) is 4.29. The highest BCUT2D eigenvalue weighted by Gasteiger charge is 2.07. The van der Waals surface area contributed by atoms with E-state index in [4.69, 9.17) is 5.11 Å². The van der Waals surface area contributed by atoms with Crippen molar-refractivity contribution < 1.29 is 5.11 Å². The van der Waals surface area contributed by atoms with Gasteiger partial charge in [0, 0.05) is 12.8 Å². The van der Waals surface area contributed by atoms with E-state index in [1.54, 1.807) is 11.8 Å². The van der Waals surface area contributed by atoms with Crippen LogP contribution in [0.15, 0.2) is 5.16 Å². The second kappa shape index (κ2) is 8.00. The third kappa shape index (κ3) is 5.31. The van der Waals surface area contributed by atoms with Gasteiger partial charge >= 0.3 is 0 Å². The van der Waals surface area contributed by atoms with E-state index in [2.05, 4.69) is 24.0 Å². The Kier molecular flexibility index (Phi) is 6.99. The Morgan fingerprint density at radius 3 is 2.65 bits per heavy atom. The smallest absolute Gasteiger partial charge is 0.191 e. The summed E-state index contributed by atoms with van der Waals surface area (Å²) in [7, 11) is 1.89. The van der Waals surface area contributed by atoms with E-state index >= 15 is 0 Å². The minimum atomic E-state index is -0.0473. The van der Waals surface area contributed by atoms with E-state index in [0.29, 0.717) is 5.82 Å². The number of hydrogen-bond acceptors (Lipinski definition) is 5. The van der Waals surface area contributed by atoms with Crippen molar-refractivity contribution in [2.75, 3.05) is 17.3 Å². The normalized spacial score (nSPS) is 11.4. The van der Waals surface area contributed by atoms with Gasteiger partial charge in [0.25, 0.3) is 0 Å². The van der Waals surface area contributed by atoms with Gasteiger partial charge in [-0.25, -0.2) is 0 Å². The Hall–Kier alpha value is -0.200. The molecule has 6 heteroatoms. The van der Waals surface area contributed by atoms with Crippen LogP contribution in [-0.4, -0.2) is 37.1 Å². The molecule has 1 aromatic rings. The van der Waals surface area contributed by atoms with Crippen LogP contribution in [0, 0.1) is 5.92 Å². The zero-order chi connectivity index (χ0) is 12.7. The predicted octanol–water partition coefficient (Wildman–Crippen LogP) is 2.18. The molecule has 0 aliphatic carbocycles. The number of aromatic nitrogens is 3. The third-order valence-corrected chi connectivity index (χ3v) is 4.77. The molecule has 4 nitrogen and oxygen atoms in total. The molecule has 0 spiro atoms. The van der Waals surface area contributed by atoms with Gasteiger partial charge in [-0.1, -0.05) is 25.6 Å². The Morgan fingerprint density at radius 1 is 1.29 bits per heavy atom. The van der Waals surface area contributed by atoms with Crippen LogP contribution in [0.4, 0.5) is 0 Å². The summed E-state index contributed by atoms with van der Waals surface area (Å²) in [4.78, 5) is 0. The summed E-state index contributed by atoms with van der Waals surface area (Å²) < 4.78 is 1.85. The summed E-state index contributed by atoms with van der Waals surface area (Å²) >= 11 is 3.72. The topological polar surface area (TPSA) is 50.9 Å². The van der Waals surface area contributed by atoms with Crippen LogP contribution >= 0.6 is 23.5 Å². The molecule has 17 heavy (non-hydrogen) atoms. The Bertz CT molecular complexity index is 329. The molecule has 0 radical (unpaired) electrons. The summed E-state index contributed by atoms with van der Waals surface area (Å²) in [6.45, 7) is 4.45. The highest BCUT2D eigenvalue weighted by atomic mass is 32.2. The maximum absolute atomic E-state index is 8.99. The molecule has 0 atom stereocenters. The lowest BCUT2D eigenvalue weighted by Gasteiger charge is -2.04. The van der Waals surface area contributed by atoms with Crippen molar-refractivity contribution in [1.29, 1.82) is 0 Å². The first-order chi connectivity index (χ1) is 8.15. The van der Waals surface area contributed by atoms with E-state index in [9.17, 15) is 0 Å². The van der Waals surface area contributed by atoms with Crippen molar-refractivity contribution in [3.8, 4) is 0 Å². The van der Waals surface area contributed by atoms with Crippen LogP contribution < -0.4 is 0 Å². The quantitative estimate of drug-likeness (QED) is 0.582. The number of aliphatic hydroxyl groups is 1. The fourth-order valence-corrected chi connectivity index (χ4v) is 3.29. The van der Waals surface area contributed by atoms with Crippen molar-refractivity contribution >= 4 is 23.5 Å². The SMILES string of the molecule is CC(C)CSCCCSc1nnc(CO)n1C. The summed E-state index contributed by atoms with van der Waals surface area (Å²) in [6.07, 6.45) is 1.18. The highest BCUT2D eigenvalue weighted by molar-refractivity contribution is 8.00. The van der Waals surface area contributed by atoms with Crippen molar-refractivity contribution in [3.05, 3.63) is 5.82 Å². The van der Waals surface area contributed by atoms with Gasteiger partial charge in [0.1, 0.15) is 6.61 Å². The van der Waals surface area contributed by atoms with E-state index in [1.807, 2.05) is 23.4 Å². The Labute approximate surface area is 112 Å². The fourth-order valence-electron chi connectivity index (χ4n) is 1.25. The maximum atomic E-state index is 8.99. The summed E-state index contributed by atoms with van der Waals surface area (Å²) in [5.41, 5.74) is 0. The number of rotatable bonds is 8. The molecule has 0 aliphatic heterocycles. The molecule has 1 N–H and O–H groups in total. The van der Waals surface area contributed by atoms with E-state index < -0.39 is 0 Å². The minimum absolute atomic E-state index is 0.0473. The monoisotopic (exact) mass is 275 g/mol. The van der Waals surface area contributed by atoms with Crippen LogP contribution in [-0.2, 0) is 13.7 Å². The summed E-state index contributed by atoms with van der Waals surface area (Å²) in [6, 6.07) is 0. The van der Waals surface area contributed by atoms with Crippen molar-refractivity contribution in [2.24, 2.45) is 13.0 Å². The average molecular weight is 275 g/mol. The molecule has 0 saturated carbocycles. The standard InChI is InChI=1S/C11H21N3OS2/c1-9(2)8-16-5-4-6-17-11-13-12-10(7-15)14(11)3/h9,15H,4-8H2,1-3H3. The maximum Gasteiger partial charge on any atom is 0.191 e. The molecule has 1 rings (SSSR count). The molecule has 98 valence electrons. The van der Waals surface area contributed by atoms with Gasteiger partial charge in [-0.3, -0.25) is 0 Å². The van der Waals surface area contributed by atoms with E-state index in [-0.39, 0.29) is 6.61 Å². The van der Waals surface area contributed by atoms with Gasteiger partial charge in [0.15, 0.2) is 11.0 Å². The van der Waals surface area contributed by atoms with Crippen molar-refractivity contribution in [2.45, 2.75) is 32.0 Å². The van der Waals surface area contributed by atoms with Crippen molar-refractivity contribution in [1.82, 2.24) is 14.8 Å². The highest BCUT2D eigenvalue weighted by Crippen LogP contribution is 2.18. The molecule has 0 amide bonds. The molecular formula is C11H21N3OS2. The number of hydrogen-bond donors (Lipinski definition) is 1. The van der Waals surface area contributed by atoms with Gasteiger partial charge in [-0.2, -0.15) is 11.8 Å². The molecule has 0 aromatic carbocycles. The zero-order valence-electron chi connectivity index (χ0n) is 10.7. The fraction of sp³-hybridized carbons (Fsp3) is 0.818. The largest absolute Gasteiger partial charge is 0.388 e. The Morgan fingerprint density at radius 2 is 2.06 bits per heavy atom. The minimum Gasteiger partial charge on any atom is -0.388 e. The molecule has 0 unspecified atom stereocenters. The van der Waals surface area contributed by atoms with Crippen molar-refractivity contribution in [3.63, 3.8) is 0 Å². The van der Waals surface area contributed by atoms with Crippen LogP contribution in [0.25, 0.3) is 0 Å². The van der Waals surface area contributed by atoms with E-state index in [1.165, 1.54) is 17.9 Å². The molecule has 0 aliphatic rings. The molecule has 0 bridgehead atoms. The molecule has 0 fully saturated rings. The zero-order valence-corrected chi connectivity index (χ0v) is 12.4. The second-order valence-corrected chi connectivity index (χ2v) is 6.50. The lowest BCUT2D eigenvalue weighted by molar-refractivity contribution is 0.266. The lowest BCUT2D eigenvalue weighted by atomic mass is 10.3. The molecular weight excluding hydrogens is 254 g/mol. The van der Waals surface area contributed by atoms with Gasteiger partial charge in [-0.15, -0.1) is 10.2 Å². The number of nitrogens with zero attached hydrogens (tertiary/aromatic N) is 3. The Balaban J connectivity index is 2.16. The third-order valence-electron chi connectivity index (χ3n) is 2.18. The first kappa shape index (κ1) is 14.9. The molecule has 1 heterocycles. The summed E-state index contributed by atoms with van der Waals surface area (Å²) in [5, 5.41) is 17.8. The summed E-state index contributed by atoms with van der Waals surface area (Å²) in [5.74, 6) is 4.90. The van der Waals surface area contributed by atoms with Crippen LogP contribution in [0.1, 0.15) is 26.1 Å². The first-order valence-electron chi connectivity index (χ1n) is 5.84. The van der Waals surface area contributed by atoms with Crippen LogP contribution in [0.5, 0.6) is 0 Å². The van der Waals surface area contributed by atoms with Crippen LogP contribution in [0.3, 0.4) is 0 Å². The lowest BCUT2D eigenvalue weighted by Crippen LogP contribution is -1.99. The number of aliphatic hydroxyl groups excluding tert-OH is 1. The number of thioether (sulfide) groups is 2. The van der Waals surface area contributed by atoms with Gasteiger partial charge in [0.05, 0.1) is 0 Å². The average Bonchev–Trinajstić information content (AvgIpc) is 2.64. The molecule has 1 aromatic heterocycles. The van der Waals surface area contributed by atoms with E-state index in [0.717, 1.165) is 16.8 Å². The predicted molar refractivity (Wildman–Crippen MR) is 74.4 cm³/mol. The van der Waals surface area contributed by atoms with Crippen LogP contribution in [0.2, 0.25) is 0 Å². The first-order valence-corrected chi connectivity index (χ1v) is 7.98. The van der Waals surface area contributed by atoms with Gasteiger partial charge in [0.2, 0.25) is 0 Å². The van der Waals surface area contributed by atoms with Gasteiger partial charge in [-0.05, 0) is 23.8 Å².